The van der Waals surface area contributed by atoms with E-state index in [9.17, 15) is 14.4 Å². The summed E-state index contributed by atoms with van der Waals surface area (Å²) < 4.78 is 0. The first kappa shape index (κ1) is 15.4. The molecule has 1 unspecified atom stereocenters. The molecule has 7 nitrogen and oxygen atoms in total. The van der Waals surface area contributed by atoms with Gasteiger partial charge in [0.15, 0.2) is 0 Å². The molecule has 0 aliphatic carbocycles. The molecule has 2 amide bonds. The number of hydrogen-bond acceptors (Lipinski definition) is 4. The molecule has 0 spiro atoms. The van der Waals surface area contributed by atoms with E-state index >= 15 is 0 Å². The quantitative estimate of drug-likeness (QED) is 0.443. The smallest absolute Gasteiger partial charge is 0.326 e. The standard InChI is InChI=1S/C10H19N3O4/c1-3-6(2)9(10(16)17)13-8(15)5-12-7(14)4-11/h6,9H,3-5,11H2,1-2H3,(H,12,14)(H,13,15)(H,16,17)/t6?,9-/m0/s1. The number of amides is 2. The maximum atomic E-state index is 11.4. The van der Waals surface area contributed by atoms with Gasteiger partial charge in [0, 0.05) is 0 Å². The number of rotatable bonds is 7. The van der Waals surface area contributed by atoms with Crippen LogP contribution in [0.5, 0.6) is 0 Å². The number of carboxylic acid groups (broad SMARTS) is 1. The molecular formula is C10H19N3O4. The van der Waals surface area contributed by atoms with Gasteiger partial charge in [0.2, 0.25) is 11.8 Å². The zero-order valence-corrected chi connectivity index (χ0v) is 10.0. The lowest BCUT2D eigenvalue weighted by Crippen LogP contribution is -2.49. The van der Waals surface area contributed by atoms with E-state index in [4.69, 9.17) is 10.8 Å². The summed E-state index contributed by atoms with van der Waals surface area (Å²) in [5, 5.41) is 13.5. The van der Waals surface area contributed by atoms with Gasteiger partial charge >= 0.3 is 5.97 Å². The Morgan fingerprint density at radius 3 is 2.29 bits per heavy atom. The molecule has 17 heavy (non-hydrogen) atoms. The minimum Gasteiger partial charge on any atom is -0.480 e. The number of hydrogen-bond donors (Lipinski definition) is 4. The summed E-state index contributed by atoms with van der Waals surface area (Å²) in [5.74, 6) is -2.27. The molecule has 0 aromatic heterocycles. The van der Waals surface area contributed by atoms with Crippen LogP contribution in [0.1, 0.15) is 20.3 Å². The van der Waals surface area contributed by atoms with Crippen molar-refractivity contribution in [2.45, 2.75) is 26.3 Å². The van der Waals surface area contributed by atoms with E-state index in [-0.39, 0.29) is 19.0 Å². The molecule has 5 N–H and O–H groups in total. The molecule has 0 aromatic carbocycles. The molecule has 0 bridgehead atoms. The molecule has 0 saturated carbocycles. The molecular weight excluding hydrogens is 226 g/mol. The number of nitrogens with two attached hydrogens (primary N) is 1. The number of carbonyl (C=O) groups is 3. The fourth-order valence-electron chi connectivity index (χ4n) is 1.16. The van der Waals surface area contributed by atoms with Gasteiger partial charge in [-0.3, -0.25) is 9.59 Å². The first-order valence-corrected chi connectivity index (χ1v) is 5.41. The summed E-state index contributed by atoms with van der Waals surface area (Å²) in [6, 6.07) is -0.942. The van der Waals surface area contributed by atoms with E-state index < -0.39 is 23.8 Å². The van der Waals surface area contributed by atoms with Crippen LogP contribution in [0.15, 0.2) is 0 Å². The van der Waals surface area contributed by atoms with E-state index in [1.807, 2.05) is 6.92 Å². The minimum atomic E-state index is -1.09. The first-order valence-electron chi connectivity index (χ1n) is 5.41. The Balaban J connectivity index is 4.22. The van der Waals surface area contributed by atoms with Crippen LogP contribution in [0.4, 0.5) is 0 Å². The molecule has 0 rings (SSSR count). The fourth-order valence-corrected chi connectivity index (χ4v) is 1.16. The Hall–Kier alpha value is -1.63. The highest BCUT2D eigenvalue weighted by Crippen LogP contribution is 2.07. The molecule has 0 heterocycles. The second-order valence-corrected chi connectivity index (χ2v) is 3.75. The molecule has 0 aliphatic heterocycles. The lowest BCUT2D eigenvalue weighted by molar-refractivity contribution is -0.143. The zero-order chi connectivity index (χ0) is 13.4. The van der Waals surface area contributed by atoms with Crippen molar-refractivity contribution in [1.29, 1.82) is 0 Å². The van der Waals surface area contributed by atoms with Crippen LogP contribution in [0.3, 0.4) is 0 Å². The highest BCUT2D eigenvalue weighted by atomic mass is 16.4. The SMILES string of the molecule is CCC(C)[C@H](NC(=O)CNC(=O)CN)C(=O)O. The zero-order valence-electron chi connectivity index (χ0n) is 10.0. The number of nitrogens with one attached hydrogen (secondary N) is 2. The molecule has 98 valence electrons. The van der Waals surface area contributed by atoms with E-state index in [2.05, 4.69) is 10.6 Å². The highest BCUT2D eigenvalue weighted by Gasteiger charge is 2.25. The van der Waals surface area contributed by atoms with Crippen molar-refractivity contribution in [3.8, 4) is 0 Å². The van der Waals surface area contributed by atoms with E-state index in [0.29, 0.717) is 6.42 Å². The van der Waals surface area contributed by atoms with Gasteiger partial charge in [0.1, 0.15) is 6.04 Å². The van der Waals surface area contributed by atoms with Crippen molar-refractivity contribution >= 4 is 17.8 Å². The lowest BCUT2D eigenvalue weighted by atomic mass is 9.99. The van der Waals surface area contributed by atoms with Gasteiger partial charge < -0.3 is 21.5 Å². The summed E-state index contributed by atoms with van der Waals surface area (Å²) in [5.41, 5.74) is 5.04. The van der Waals surface area contributed by atoms with Crippen LogP contribution >= 0.6 is 0 Å². The molecule has 0 aliphatic rings. The first-order chi connectivity index (χ1) is 7.92. The Morgan fingerprint density at radius 2 is 1.88 bits per heavy atom. The van der Waals surface area contributed by atoms with Crippen LogP contribution in [0.25, 0.3) is 0 Å². The van der Waals surface area contributed by atoms with Gasteiger partial charge in [-0.1, -0.05) is 20.3 Å². The molecule has 2 atom stereocenters. The largest absolute Gasteiger partial charge is 0.480 e. The fraction of sp³-hybridized carbons (Fsp3) is 0.700. The van der Waals surface area contributed by atoms with E-state index in [1.54, 1.807) is 6.92 Å². The average Bonchev–Trinajstić information content (AvgIpc) is 2.31. The maximum Gasteiger partial charge on any atom is 0.326 e. The Kier molecular flexibility index (Phi) is 6.88. The van der Waals surface area contributed by atoms with Crippen molar-refractivity contribution in [1.82, 2.24) is 10.6 Å². The number of carboxylic acids is 1. The van der Waals surface area contributed by atoms with Crippen molar-refractivity contribution in [2.75, 3.05) is 13.1 Å². The summed E-state index contributed by atoms with van der Waals surface area (Å²) >= 11 is 0. The maximum absolute atomic E-state index is 11.4. The lowest BCUT2D eigenvalue weighted by Gasteiger charge is -2.20. The molecule has 0 aromatic rings. The summed E-state index contributed by atoms with van der Waals surface area (Å²) in [7, 11) is 0. The van der Waals surface area contributed by atoms with Crippen molar-refractivity contribution in [2.24, 2.45) is 11.7 Å². The van der Waals surface area contributed by atoms with Crippen LogP contribution in [0.2, 0.25) is 0 Å². The third-order valence-corrected chi connectivity index (χ3v) is 2.43. The second-order valence-electron chi connectivity index (χ2n) is 3.75. The second kappa shape index (κ2) is 7.61. The van der Waals surface area contributed by atoms with Crippen molar-refractivity contribution in [3.63, 3.8) is 0 Å². The van der Waals surface area contributed by atoms with Crippen molar-refractivity contribution < 1.29 is 19.5 Å². The number of carbonyl (C=O) groups excluding carboxylic acids is 2. The average molecular weight is 245 g/mol. The Morgan fingerprint density at radius 1 is 1.29 bits per heavy atom. The number of aliphatic carboxylic acids is 1. The topological polar surface area (TPSA) is 122 Å². The highest BCUT2D eigenvalue weighted by molar-refractivity contribution is 5.88. The molecule has 7 heteroatoms. The summed E-state index contributed by atoms with van der Waals surface area (Å²) in [6.45, 7) is 3.09. The van der Waals surface area contributed by atoms with Gasteiger partial charge in [-0.2, -0.15) is 0 Å². The van der Waals surface area contributed by atoms with Crippen LogP contribution in [-0.2, 0) is 14.4 Å². The third kappa shape index (κ3) is 5.86. The van der Waals surface area contributed by atoms with Gasteiger partial charge in [0.05, 0.1) is 13.1 Å². The normalized spacial score (nSPS) is 13.6. The van der Waals surface area contributed by atoms with Gasteiger partial charge in [0.25, 0.3) is 0 Å². The van der Waals surface area contributed by atoms with Crippen LogP contribution < -0.4 is 16.4 Å². The minimum absolute atomic E-state index is 0.179. The van der Waals surface area contributed by atoms with Crippen LogP contribution in [0, 0.1) is 5.92 Å². The van der Waals surface area contributed by atoms with Crippen molar-refractivity contribution in [3.05, 3.63) is 0 Å². The van der Waals surface area contributed by atoms with E-state index in [1.165, 1.54) is 0 Å². The summed E-state index contributed by atoms with van der Waals surface area (Å²) in [4.78, 5) is 33.1. The summed E-state index contributed by atoms with van der Waals surface area (Å²) in [6.07, 6.45) is 0.631. The van der Waals surface area contributed by atoms with Gasteiger partial charge in [-0.25, -0.2) is 4.79 Å². The Labute approximate surface area is 99.7 Å². The monoisotopic (exact) mass is 245 g/mol. The van der Waals surface area contributed by atoms with Gasteiger partial charge in [-0.05, 0) is 5.92 Å². The Bertz CT molecular complexity index is 293. The predicted octanol–water partition coefficient (Wildman–Crippen LogP) is -1.32. The van der Waals surface area contributed by atoms with Gasteiger partial charge in [-0.15, -0.1) is 0 Å². The molecule has 0 radical (unpaired) electrons. The third-order valence-electron chi connectivity index (χ3n) is 2.43. The molecule has 0 saturated heterocycles. The van der Waals surface area contributed by atoms with Crippen LogP contribution in [-0.4, -0.2) is 42.0 Å². The predicted molar refractivity (Wildman–Crippen MR) is 61.1 cm³/mol. The van der Waals surface area contributed by atoms with E-state index in [0.717, 1.165) is 0 Å². The molecule has 0 fully saturated rings.